The third-order valence-electron chi connectivity index (χ3n) is 2.80. The quantitative estimate of drug-likeness (QED) is 0.714. The van der Waals surface area contributed by atoms with E-state index in [9.17, 15) is 0 Å². The summed E-state index contributed by atoms with van der Waals surface area (Å²) in [6.45, 7) is 1.65. The number of hydrogen-bond donors (Lipinski definition) is 0. The van der Waals surface area contributed by atoms with Gasteiger partial charge in [-0.3, -0.25) is 0 Å². The van der Waals surface area contributed by atoms with Crippen molar-refractivity contribution in [1.29, 1.82) is 0 Å². The second-order valence-electron chi connectivity index (χ2n) is 3.93. The van der Waals surface area contributed by atoms with Crippen molar-refractivity contribution in [1.82, 2.24) is 0 Å². The average molecular weight is 245 g/mol. The number of halogens is 2. The lowest BCUT2D eigenvalue weighted by atomic mass is 9.94. The zero-order valence-corrected chi connectivity index (χ0v) is 9.97. The minimum Gasteiger partial charge on any atom is -0.381 e. The first-order valence-electron chi connectivity index (χ1n) is 5.24. The van der Waals surface area contributed by atoms with Gasteiger partial charge in [0.15, 0.2) is 0 Å². The SMILES string of the molecule is Clc1ccc(C(Cl)C2CCCOC2)cc1. The molecule has 0 bridgehead atoms. The van der Waals surface area contributed by atoms with Crippen molar-refractivity contribution in [2.75, 3.05) is 13.2 Å². The molecule has 15 heavy (non-hydrogen) atoms. The lowest BCUT2D eigenvalue weighted by molar-refractivity contribution is 0.0531. The van der Waals surface area contributed by atoms with E-state index in [-0.39, 0.29) is 5.38 Å². The Labute approximate surface area is 100 Å². The van der Waals surface area contributed by atoms with Crippen LogP contribution in [0.2, 0.25) is 5.02 Å². The Hall–Kier alpha value is -0.240. The van der Waals surface area contributed by atoms with E-state index in [0.29, 0.717) is 5.92 Å². The molecule has 0 N–H and O–H groups in total. The van der Waals surface area contributed by atoms with E-state index < -0.39 is 0 Å². The third kappa shape index (κ3) is 2.87. The molecule has 0 aromatic heterocycles. The van der Waals surface area contributed by atoms with Crippen molar-refractivity contribution in [3.8, 4) is 0 Å². The molecule has 1 nitrogen and oxygen atoms in total. The smallest absolute Gasteiger partial charge is 0.0635 e. The first-order valence-corrected chi connectivity index (χ1v) is 6.06. The number of benzene rings is 1. The van der Waals surface area contributed by atoms with E-state index in [1.807, 2.05) is 24.3 Å². The molecule has 1 aliphatic rings. The molecule has 1 fully saturated rings. The molecule has 2 rings (SSSR count). The summed E-state index contributed by atoms with van der Waals surface area (Å²) in [5.74, 6) is 0.432. The summed E-state index contributed by atoms with van der Waals surface area (Å²) in [5.41, 5.74) is 1.14. The van der Waals surface area contributed by atoms with Crippen LogP contribution >= 0.6 is 23.2 Å². The van der Waals surface area contributed by atoms with Crippen LogP contribution < -0.4 is 0 Å². The fraction of sp³-hybridized carbons (Fsp3) is 0.500. The van der Waals surface area contributed by atoms with Crippen LogP contribution in [0.4, 0.5) is 0 Å². The van der Waals surface area contributed by atoms with Gasteiger partial charge in [0, 0.05) is 17.5 Å². The summed E-state index contributed by atoms with van der Waals surface area (Å²) in [6, 6.07) is 7.76. The predicted octanol–water partition coefficient (Wildman–Crippen LogP) is 4.05. The maximum Gasteiger partial charge on any atom is 0.0635 e. The van der Waals surface area contributed by atoms with Crippen LogP contribution in [0.15, 0.2) is 24.3 Å². The first-order chi connectivity index (χ1) is 7.27. The first kappa shape index (κ1) is 11.3. The van der Waals surface area contributed by atoms with Gasteiger partial charge in [0.25, 0.3) is 0 Å². The molecular weight excluding hydrogens is 231 g/mol. The number of ether oxygens (including phenoxy) is 1. The third-order valence-corrected chi connectivity index (χ3v) is 3.66. The Morgan fingerprint density at radius 3 is 2.60 bits per heavy atom. The number of alkyl halides is 1. The molecule has 1 heterocycles. The van der Waals surface area contributed by atoms with Crippen molar-refractivity contribution in [3.63, 3.8) is 0 Å². The molecule has 1 aliphatic heterocycles. The van der Waals surface area contributed by atoms with E-state index in [1.54, 1.807) is 0 Å². The molecular formula is C12H14Cl2O. The van der Waals surface area contributed by atoms with Gasteiger partial charge < -0.3 is 4.74 Å². The normalized spacial score (nSPS) is 23.7. The Morgan fingerprint density at radius 1 is 1.27 bits per heavy atom. The van der Waals surface area contributed by atoms with Gasteiger partial charge in [-0.05, 0) is 30.5 Å². The summed E-state index contributed by atoms with van der Waals surface area (Å²) >= 11 is 12.2. The van der Waals surface area contributed by atoms with Gasteiger partial charge in [-0.15, -0.1) is 11.6 Å². The van der Waals surface area contributed by atoms with Crippen LogP contribution in [0.3, 0.4) is 0 Å². The van der Waals surface area contributed by atoms with Crippen molar-refractivity contribution in [3.05, 3.63) is 34.9 Å². The van der Waals surface area contributed by atoms with E-state index in [1.165, 1.54) is 0 Å². The van der Waals surface area contributed by atoms with Crippen LogP contribution in [0.5, 0.6) is 0 Å². The molecule has 82 valence electrons. The Kier molecular flexibility index (Phi) is 3.90. The van der Waals surface area contributed by atoms with Crippen molar-refractivity contribution >= 4 is 23.2 Å². The van der Waals surface area contributed by atoms with E-state index in [0.717, 1.165) is 36.6 Å². The van der Waals surface area contributed by atoms with Gasteiger partial charge in [0.05, 0.1) is 12.0 Å². The predicted molar refractivity (Wildman–Crippen MR) is 63.6 cm³/mol. The molecule has 1 aromatic rings. The van der Waals surface area contributed by atoms with E-state index >= 15 is 0 Å². The summed E-state index contributed by atoms with van der Waals surface area (Å²) < 4.78 is 5.44. The van der Waals surface area contributed by atoms with Gasteiger partial charge in [-0.2, -0.15) is 0 Å². The molecule has 1 aromatic carbocycles. The highest BCUT2D eigenvalue weighted by Crippen LogP contribution is 2.34. The van der Waals surface area contributed by atoms with Gasteiger partial charge in [0.2, 0.25) is 0 Å². The van der Waals surface area contributed by atoms with Gasteiger partial charge in [-0.1, -0.05) is 23.7 Å². The highest BCUT2D eigenvalue weighted by molar-refractivity contribution is 6.30. The molecule has 2 atom stereocenters. The van der Waals surface area contributed by atoms with Crippen LogP contribution in [0.1, 0.15) is 23.8 Å². The molecule has 0 aliphatic carbocycles. The van der Waals surface area contributed by atoms with E-state index in [4.69, 9.17) is 27.9 Å². The molecule has 2 unspecified atom stereocenters. The largest absolute Gasteiger partial charge is 0.381 e. The fourth-order valence-corrected chi connectivity index (χ4v) is 2.39. The average Bonchev–Trinajstić information content (AvgIpc) is 2.30. The minimum absolute atomic E-state index is 0.0440. The van der Waals surface area contributed by atoms with E-state index in [2.05, 4.69) is 0 Å². The lowest BCUT2D eigenvalue weighted by Gasteiger charge is -2.26. The number of rotatable bonds is 2. The maximum absolute atomic E-state index is 6.41. The van der Waals surface area contributed by atoms with Crippen LogP contribution in [0.25, 0.3) is 0 Å². The molecule has 0 spiro atoms. The summed E-state index contributed by atoms with van der Waals surface area (Å²) in [4.78, 5) is 0. The summed E-state index contributed by atoms with van der Waals surface area (Å²) in [7, 11) is 0. The second-order valence-corrected chi connectivity index (χ2v) is 4.84. The van der Waals surface area contributed by atoms with Gasteiger partial charge in [0.1, 0.15) is 0 Å². The Morgan fingerprint density at radius 2 is 2.00 bits per heavy atom. The molecule has 3 heteroatoms. The standard InChI is InChI=1S/C12H14Cl2O/c13-11-5-3-9(4-6-11)12(14)10-2-1-7-15-8-10/h3-6,10,12H,1-2,7-8H2. The highest BCUT2D eigenvalue weighted by atomic mass is 35.5. The zero-order chi connectivity index (χ0) is 10.7. The summed E-state index contributed by atoms with van der Waals surface area (Å²) in [6.07, 6.45) is 2.26. The Bertz CT molecular complexity index is 304. The van der Waals surface area contributed by atoms with Crippen LogP contribution in [0, 0.1) is 5.92 Å². The number of hydrogen-bond acceptors (Lipinski definition) is 1. The molecule has 0 amide bonds. The molecule has 1 saturated heterocycles. The monoisotopic (exact) mass is 244 g/mol. The second kappa shape index (κ2) is 5.20. The van der Waals surface area contributed by atoms with Crippen LogP contribution in [-0.2, 0) is 4.74 Å². The topological polar surface area (TPSA) is 9.23 Å². The van der Waals surface area contributed by atoms with Crippen molar-refractivity contribution in [2.45, 2.75) is 18.2 Å². The zero-order valence-electron chi connectivity index (χ0n) is 8.46. The van der Waals surface area contributed by atoms with Crippen LogP contribution in [-0.4, -0.2) is 13.2 Å². The molecule has 0 radical (unpaired) electrons. The van der Waals surface area contributed by atoms with Crippen molar-refractivity contribution < 1.29 is 4.74 Å². The Balaban J connectivity index is 2.05. The summed E-state index contributed by atoms with van der Waals surface area (Å²) in [5, 5.41) is 0.796. The lowest BCUT2D eigenvalue weighted by Crippen LogP contribution is -2.21. The van der Waals surface area contributed by atoms with Gasteiger partial charge >= 0.3 is 0 Å². The van der Waals surface area contributed by atoms with Crippen molar-refractivity contribution in [2.24, 2.45) is 5.92 Å². The molecule has 0 saturated carbocycles. The van der Waals surface area contributed by atoms with Gasteiger partial charge in [-0.25, -0.2) is 0 Å². The minimum atomic E-state index is 0.0440. The highest BCUT2D eigenvalue weighted by Gasteiger charge is 2.23. The fourth-order valence-electron chi connectivity index (χ4n) is 1.92. The maximum atomic E-state index is 6.41.